The number of nitrogens with zero attached hydrogens (tertiary/aromatic N) is 3. The first-order valence-electron chi connectivity index (χ1n) is 5.53. The minimum absolute atomic E-state index is 0.0370. The lowest BCUT2D eigenvalue weighted by atomic mass is 10.0. The van der Waals surface area contributed by atoms with Gasteiger partial charge in [-0.05, 0) is 18.4 Å². The number of rotatable bonds is 4. The molecule has 1 fully saturated rings. The van der Waals surface area contributed by atoms with Crippen molar-refractivity contribution in [2.45, 2.75) is 45.1 Å². The van der Waals surface area contributed by atoms with Crippen LogP contribution in [0.25, 0.3) is 10.4 Å². The highest BCUT2D eigenvalue weighted by atomic mass is 16.6. The number of ether oxygens (including phenoxy) is 3. The fourth-order valence-electron chi connectivity index (χ4n) is 1.69. The molecule has 0 radical (unpaired) electrons. The minimum atomic E-state index is -0.623. The van der Waals surface area contributed by atoms with E-state index in [1.165, 1.54) is 13.8 Å². The molecule has 0 saturated carbocycles. The Kier molecular flexibility index (Phi) is 5.41. The first kappa shape index (κ1) is 14.3. The van der Waals surface area contributed by atoms with Gasteiger partial charge in [-0.2, -0.15) is 0 Å². The lowest BCUT2D eigenvalue weighted by molar-refractivity contribution is -0.180. The summed E-state index contributed by atoms with van der Waals surface area (Å²) in [5.41, 5.74) is 8.34. The van der Waals surface area contributed by atoms with Gasteiger partial charge in [-0.15, -0.1) is 0 Å². The van der Waals surface area contributed by atoms with Gasteiger partial charge in [-0.3, -0.25) is 9.59 Å². The smallest absolute Gasteiger partial charge is 0.302 e. The molecule has 0 bridgehead atoms. The number of carbonyl (C=O) groups excluding carboxylic acids is 2. The van der Waals surface area contributed by atoms with E-state index in [-0.39, 0.29) is 6.61 Å². The van der Waals surface area contributed by atoms with E-state index in [0.29, 0.717) is 12.8 Å². The average Bonchev–Trinajstić information content (AvgIpc) is 2.28. The van der Waals surface area contributed by atoms with E-state index >= 15 is 0 Å². The van der Waals surface area contributed by atoms with Crippen LogP contribution in [0, 0.1) is 0 Å². The Morgan fingerprint density at radius 2 is 2.11 bits per heavy atom. The maximum Gasteiger partial charge on any atom is 0.302 e. The van der Waals surface area contributed by atoms with Gasteiger partial charge in [-0.1, -0.05) is 5.11 Å². The summed E-state index contributed by atoms with van der Waals surface area (Å²) in [6.45, 7) is 2.53. The van der Waals surface area contributed by atoms with E-state index in [0.717, 1.165) is 0 Å². The summed E-state index contributed by atoms with van der Waals surface area (Å²) in [7, 11) is 0. The third-order valence-corrected chi connectivity index (χ3v) is 2.39. The zero-order valence-corrected chi connectivity index (χ0v) is 10.2. The molecule has 1 saturated heterocycles. The van der Waals surface area contributed by atoms with E-state index in [2.05, 4.69) is 10.0 Å². The normalized spacial score (nSPS) is 26.9. The predicted molar refractivity (Wildman–Crippen MR) is 59.2 cm³/mol. The van der Waals surface area contributed by atoms with Gasteiger partial charge in [0.25, 0.3) is 0 Å². The van der Waals surface area contributed by atoms with E-state index in [4.69, 9.17) is 19.7 Å². The second-order valence-electron chi connectivity index (χ2n) is 3.86. The Bertz CT molecular complexity index is 367. The molecule has 1 heterocycles. The summed E-state index contributed by atoms with van der Waals surface area (Å²) in [4.78, 5) is 24.3. The van der Waals surface area contributed by atoms with Gasteiger partial charge in [0, 0.05) is 18.8 Å². The van der Waals surface area contributed by atoms with Crippen molar-refractivity contribution in [1.82, 2.24) is 0 Å². The SMILES string of the molecule is CC(=O)OCC1O[C@@H](N=[N+]=[N-])CC[C@@H]1OC(C)=O. The van der Waals surface area contributed by atoms with Crippen LogP contribution in [-0.2, 0) is 23.8 Å². The van der Waals surface area contributed by atoms with Crippen molar-refractivity contribution in [3.63, 3.8) is 0 Å². The summed E-state index contributed by atoms with van der Waals surface area (Å²) in [6.07, 6.45) is -0.773. The largest absolute Gasteiger partial charge is 0.463 e. The van der Waals surface area contributed by atoms with Crippen LogP contribution in [0.2, 0.25) is 0 Å². The number of hydrogen-bond acceptors (Lipinski definition) is 6. The van der Waals surface area contributed by atoms with Gasteiger partial charge in [0.15, 0.2) is 0 Å². The standard InChI is InChI=1S/C10H15N3O5/c1-6(14)16-5-9-8(17-7(2)15)3-4-10(18-9)12-13-11/h8-10H,3-5H2,1-2H3/t8-,9?,10+/m0/s1. The number of azide groups is 1. The lowest BCUT2D eigenvalue weighted by Crippen LogP contribution is -2.43. The third-order valence-electron chi connectivity index (χ3n) is 2.39. The zero-order chi connectivity index (χ0) is 13.5. The molecule has 0 aromatic carbocycles. The van der Waals surface area contributed by atoms with Crippen LogP contribution in [-0.4, -0.2) is 37.0 Å². The van der Waals surface area contributed by atoms with Crippen LogP contribution in [0.4, 0.5) is 0 Å². The minimum Gasteiger partial charge on any atom is -0.463 e. The molecular weight excluding hydrogens is 242 g/mol. The van der Waals surface area contributed by atoms with Gasteiger partial charge in [0.1, 0.15) is 25.0 Å². The number of hydrogen-bond donors (Lipinski definition) is 0. The van der Waals surface area contributed by atoms with Gasteiger partial charge in [-0.25, -0.2) is 0 Å². The van der Waals surface area contributed by atoms with Crippen molar-refractivity contribution >= 4 is 11.9 Å². The molecule has 18 heavy (non-hydrogen) atoms. The molecule has 100 valence electrons. The second kappa shape index (κ2) is 6.83. The van der Waals surface area contributed by atoms with Crippen molar-refractivity contribution in [3.8, 4) is 0 Å². The molecule has 1 unspecified atom stereocenters. The molecule has 0 aliphatic carbocycles. The molecule has 8 heteroatoms. The van der Waals surface area contributed by atoms with Crippen LogP contribution in [0.15, 0.2) is 5.11 Å². The maximum atomic E-state index is 10.9. The topological polar surface area (TPSA) is 111 Å². The van der Waals surface area contributed by atoms with Gasteiger partial charge >= 0.3 is 11.9 Å². The monoisotopic (exact) mass is 257 g/mol. The van der Waals surface area contributed by atoms with Crippen molar-refractivity contribution in [2.24, 2.45) is 5.11 Å². The first-order valence-corrected chi connectivity index (χ1v) is 5.53. The van der Waals surface area contributed by atoms with E-state index in [9.17, 15) is 9.59 Å². The number of carbonyl (C=O) groups is 2. The van der Waals surface area contributed by atoms with Crippen molar-refractivity contribution < 1.29 is 23.8 Å². The van der Waals surface area contributed by atoms with Gasteiger partial charge in [0.2, 0.25) is 0 Å². The van der Waals surface area contributed by atoms with Crippen molar-refractivity contribution in [3.05, 3.63) is 10.4 Å². The highest BCUT2D eigenvalue weighted by Gasteiger charge is 2.33. The van der Waals surface area contributed by atoms with Crippen LogP contribution in [0.3, 0.4) is 0 Å². The predicted octanol–water partition coefficient (Wildman–Crippen LogP) is 1.30. The molecule has 0 N–H and O–H groups in total. The second-order valence-corrected chi connectivity index (χ2v) is 3.86. The van der Waals surface area contributed by atoms with Crippen LogP contribution < -0.4 is 0 Å². The third kappa shape index (κ3) is 4.60. The van der Waals surface area contributed by atoms with Gasteiger partial charge < -0.3 is 14.2 Å². The quantitative estimate of drug-likeness (QED) is 0.326. The average molecular weight is 257 g/mol. The molecule has 1 aliphatic heterocycles. The Morgan fingerprint density at radius 3 is 2.67 bits per heavy atom. The Hall–Kier alpha value is -1.79. The highest BCUT2D eigenvalue weighted by Crippen LogP contribution is 2.23. The molecule has 1 rings (SSSR count). The van der Waals surface area contributed by atoms with Crippen molar-refractivity contribution in [2.75, 3.05) is 6.61 Å². The molecule has 8 nitrogen and oxygen atoms in total. The van der Waals surface area contributed by atoms with Gasteiger partial charge in [0.05, 0.1) is 0 Å². The Labute approximate surface area is 104 Å². The van der Waals surface area contributed by atoms with Crippen LogP contribution in [0.5, 0.6) is 0 Å². The molecule has 0 aromatic heterocycles. The summed E-state index contributed by atoms with van der Waals surface area (Å²) in [5.74, 6) is -0.884. The molecule has 1 aliphatic rings. The molecule has 0 aromatic rings. The Balaban J connectivity index is 2.62. The summed E-state index contributed by atoms with van der Waals surface area (Å²) in [6, 6.07) is 0. The fraction of sp³-hybridized carbons (Fsp3) is 0.800. The fourth-order valence-corrected chi connectivity index (χ4v) is 1.69. The van der Waals surface area contributed by atoms with Crippen molar-refractivity contribution in [1.29, 1.82) is 0 Å². The zero-order valence-electron chi connectivity index (χ0n) is 10.2. The van der Waals surface area contributed by atoms with E-state index < -0.39 is 30.4 Å². The molecule has 0 amide bonds. The summed E-state index contributed by atoms with van der Waals surface area (Å²) in [5, 5.41) is 3.45. The van der Waals surface area contributed by atoms with Crippen LogP contribution in [0.1, 0.15) is 26.7 Å². The molecular formula is C10H15N3O5. The lowest BCUT2D eigenvalue weighted by Gasteiger charge is -2.33. The maximum absolute atomic E-state index is 10.9. The molecule has 0 spiro atoms. The van der Waals surface area contributed by atoms with Crippen LogP contribution >= 0.6 is 0 Å². The highest BCUT2D eigenvalue weighted by molar-refractivity contribution is 5.66. The number of esters is 2. The molecule has 3 atom stereocenters. The van der Waals surface area contributed by atoms with E-state index in [1.54, 1.807) is 0 Å². The summed E-state index contributed by atoms with van der Waals surface area (Å²) < 4.78 is 15.3. The van der Waals surface area contributed by atoms with E-state index in [1.807, 2.05) is 0 Å². The first-order chi connectivity index (χ1) is 8.52. The summed E-state index contributed by atoms with van der Waals surface area (Å²) >= 11 is 0. The Morgan fingerprint density at radius 1 is 1.39 bits per heavy atom.